The summed E-state index contributed by atoms with van der Waals surface area (Å²) < 4.78 is 7.58. The van der Waals surface area contributed by atoms with Crippen LogP contribution in [-0.2, 0) is 6.54 Å². The van der Waals surface area contributed by atoms with Gasteiger partial charge in [0.15, 0.2) is 5.96 Å². The van der Waals surface area contributed by atoms with Crippen LogP contribution < -0.4 is 10.1 Å². The van der Waals surface area contributed by atoms with Crippen LogP contribution in [0.15, 0.2) is 47.7 Å². The lowest BCUT2D eigenvalue weighted by Crippen LogP contribution is -2.48. The number of guanidine groups is 1. The second kappa shape index (κ2) is 10.8. The van der Waals surface area contributed by atoms with Crippen molar-refractivity contribution in [2.45, 2.75) is 25.5 Å². The van der Waals surface area contributed by atoms with Crippen LogP contribution in [0.3, 0.4) is 0 Å². The van der Waals surface area contributed by atoms with Gasteiger partial charge in [-0.1, -0.05) is 18.2 Å². The van der Waals surface area contributed by atoms with Gasteiger partial charge in [-0.05, 0) is 12.1 Å². The molecule has 3 rings (SSSR count). The highest BCUT2D eigenvalue weighted by Gasteiger charge is 2.22. The van der Waals surface area contributed by atoms with Gasteiger partial charge in [0, 0.05) is 39.5 Å². The highest BCUT2D eigenvalue weighted by molar-refractivity contribution is 14.0. The number of halogens is 1. The Morgan fingerprint density at radius 3 is 2.68 bits per heavy atom. The molecule has 1 saturated heterocycles. The standard InChI is InChI=1S/C18H24N6O3.HI/c1-19-18(20-9-12-23-14-15(13-21-23)24(25)26)22-10-7-17(8-11-22)27-16-5-3-2-4-6-16;/h2-6,13-14,17H,7-12H2,1H3,(H,19,20);1H. The summed E-state index contributed by atoms with van der Waals surface area (Å²) in [5.41, 5.74) is -0.000120. The number of hydrogen-bond acceptors (Lipinski definition) is 5. The van der Waals surface area contributed by atoms with E-state index in [-0.39, 0.29) is 35.8 Å². The van der Waals surface area contributed by atoms with E-state index in [0.717, 1.165) is 37.6 Å². The van der Waals surface area contributed by atoms with Crippen LogP contribution >= 0.6 is 24.0 Å². The number of aromatic nitrogens is 2. The van der Waals surface area contributed by atoms with Crippen molar-refractivity contribution >= 4 is 35.6 Å². The van der Waals surface area contributed by atoms with E-state index in [9.17, 15) is 10.1 Å². The molecule has 1 fully saturated rings. The zero-order chi connectivity index (χ0) is 19.1. The summed E-state index contributed by atoms with van der Waals surface area (Å²) in [5, 5.41) is 18.0. The van der Waals surface area contributed by atoms with Crippen LogP contribution in [0.2, 0.25) is 0 Å². The maximum atomic E-state index is 10.7. The van der Waals surface area contributed by atoms with Crippen LogP contribution in [0, 0.1) is 10.1 Å². The van der Waals surface area contributed by atoms with Gasteiger partial charge in [-0.15, -0.1) is 24.0 Å². The van der Waals surface area contributed by atoms with Crippen LogP contribution in [0.4, 0.5) is 5.69 Å². The maximum Gasteiger partial charge on any atom is 0.306 e. The van der Waals surface area contributed by atoms with Crippen molar-refractivity contribution in [3.8, 4) is 5.75 Å². The molecule has 1 aliphatic rings. The lowest BCUT2D eigenvalue weighted by atomic mass is 10.1. The molecule has 10 heteroatoms. The summed E-state index contributed by atoms with van der Waals surface area (Å²) >= 11 is 0. The molecule has 0 bridgehead atoms. The molecular formula is C18H25IN6O3. The number of para-hydroxylation sites is 1. The van der Waals surface area contributed by atoms with E-state index in [2.05, 4.69) is 20.3 Å². The molecule has 0 atom stereocenters. The van der Waals surface area contributed by atoms with Gasteiger partial charge in [-0.2, -0.15) is 5.10 Å². The first-order chi connectivity index (χ1) is 13.2. The molecule has 9 nitrogen and oxygen atoms in total. The molecule has 0 spiro atoms. The van der Waals surface area contributed by atoms with Crippen LogP contribution in [0.5, 0.6) is 5.75 Å². The zero-order valence-corrected chi connectivity index (χ0v) is 18.1. The smallest absolute Gasteiger partial charge is 0.306 e. The average Bonchev–Trinajstić information content (AvgIpc) is 3.16. The van der Waals surface area contributed by atoms with Crippen molar-refractivity contribution in [3.05, 3.63) is 52.8 Å². The lowest BCUT2D eigenvalue weighted by Gasteiger charge is -2.34. The highest BCUT2D eigenvalue weighted by Crippen LogP contribution is 2.18. The molecule has 1 aromatic heterocycles. The summed E-state index contributed by atoms with van der Waals surface area (Å²) in [5.74, 6) is 1.74. The molecule has 1 aromatic carbocycles. The van der Waals surface area contributed by atoms with E-state index < -0.39 is 4.92 Å². The van der Waals surface area contributed by atoms with Crippen molar-refractivity contribution in [1.29, 1.82) is 0 Å². The number of likely N-dealkylation sites (tertiary alicyclic amines) is 1. The van der Waals surface area contributed by atoms with E-state index >= 15 is 0 Å². The molecule has 0 amide bonds. The van der Waals surface area contributed by atoms with Gasteiger partial charge < -0.3 is 15.0 Å². The van der Waals surface area contributed by atoms with Gasteiger partial charge in [0.25, 0.3) is 0 Å². The van der Waals surface area contributed by atoms with Gasteiger partial charge in [-0.25, -0.2) is 0 Å². The molecule has 0 unspecified atom stereocenters. The summed E-state index contributed by atoms with van der Waals surface area (Å²) in [7, 11) is 1.76. The highest BCUT2D eigenvalue weighted by atomic mass is 127. The van der Waals surface area contributed by atoms with E-state index in [0.29, 0.717) is 13.1 Å². The minimum absolute atomic E-state index is 0. The van der Waals surface area contributed by atoms with Crippen LogP contribution in [-0.4, -0.2) is 58.3 Å². The third kappa shape index (κ3) is 6.08. The molecule has 2 aromatic rings. The van der Waals surface area contributed by atoms with Gasteiger partial charge in [0.05, 0.1) is 11.5 Å². The average molecular weight is 500 g/mol. The van der Waals surface area contributed by atoms with Crippen LogP contribution in [0.1, 0.15) is 12.8 Å². The van der Waals surface area contributed by atoms with Crippen LogP contribution in [0.25, 0.3) is 0 Å². The number of benzene rings is 1. The van der Waals surface area contributed by atoms with Crippen molar-refractivity contribution in [2.24, 2.45) is 4.99 Å². The fraction of sp³-hybridized carbons (Fsp3) is 0.444. The van der Waals surface area contributed by atoms with Gasteiger partial charge in [0.1, 0.15) is 24.2 Å². The Kier molecular flexibility index (Phi) is 8.48. The third-order valence-corrected chi connectivity index (χ3v) is 4.45. The largest absolute Gasteiger partial charge is 0.490 e. The van der Waals surface area contributed by atoms with Crippen molar-refractivity contribution in [3.63, 3.8) is 0 Å². The lowest BCUT2D eigenvalue weighted by molar-refractivity contribution is -0.385. The predicted octanol–water partition coefficient (Wildman–Crippen LogP) is 2.53. The van der Waals surface area contributed by atoms with E-state index in [1.807, 2.05) is 30.3 Å². The Balaban J connectivity index is 0.00000280. The summed E-state index contributed by atoms with van der Waals surface area (Å²) in [6.07, 6.45) is 4.76. The zero-order valence-electron chi connectivity index (χ0n) is 15.7. The minimum atomic E-state index is -0.447. The minimum Gasteiger partial charge on any atom is -0.490 e. The second-order valence-corrected chi connectivity index (χ2v) is 6.31. The van der Waals surface area contributed by atoms with Gasteiger partial charge in [0.2, 0.25) is 0 Å². The topological polar surface area (TPSA) is 97.8 Å². The molecule has 0 radical (unpaired) electrons. The van der Waals surface area contributed by atoms with E-state index in [4.69, 9.17) is 4.74 Å². The predicted molar refractivity (Wildman–Crippen MR) is 117 cm³/mol. The first-order valence-corrected chi connectivity index (χ1v) is 9.00. The Morgan fingerprint density at radius 1 is 1.36 bits per heavy atom. The third-order valence-electron chi connectivity index (χ3n) is 4.45. The Labute approximate surface area is 180 Å². The SMILES string of the molecule is CN=C(NCCn1cc([N+](=O)[O-])cn1)N1CCC(Oc2ccccc2)CC1.I. The molecule has 1 aliphatic heterocycles. The van der Waals surface area contributed by atoms with Crippen molar-refractivity contribution < 1.29 is 9.66 Å². The van der Waals surface area contributed by atoms with E-state index in [1.54, 1.807) is 11.7 Å². The van der Waals surface area contributed by atoms with Crippen molar-refractivity contribution in [1.82, 2.24) is 20.0 Å². The number of hydrogen-bond donors (Lipinski definition) is 1. The maximum absolute atomic E-state index is 10.7. The molecule has 0 aliphatic carbocycles. The monoisotopic (exact) mass is 500 g/mol. The van der Waals surface area contributed by atoms with Gasteiger partial charge >= 0.3 is 5.69 Å². The Bertz CT molecular complexity index is 775. The Morgan fingerprint density at radius 2 is 2.07 bits per heavy atom. The number of rotatable bonds is 6. The molecule has 152 valence electrons. The molecule has 1 N–H and O–H groups in total. The number of nitrogens with zero attached hydrogens (tertiary/aromatic N) is 5. The number of ether oxygens (including phenoxy) is 1. The summed E-state index contributed by atoms with van der Waals surface area (Å²) in [6, 6.07) is 9.89. The first kappa shape index (κ1) is 21.9. The molecule has 0 saturated carbocycles. The Hall–Kier alpha value is -2.37. The molecule has 28 heavy (non-hydrogen) atoms. The normalized spacial score (nSPS) is 15.0. The van der Waals surface area contributed by atoms with Crippen molar-refractivity contribution in [2.75, 3.05) is 26.7 Å². The summed E-state index contributed by atoms with van der Waals surface area (Å²) in [4.78, 5) is 16.8. The first-order valence-electron chi connectivity index (χ1n) is 9.00. The quantitative estimate of drug-likeness (QED) is 0.215. The number of aliphatic imine (C=N–C) groups is 1. The number of nitrogens with one attached hydrogen (secondary N) is 1. The fourth-order valence-corrected chi connectivity index (χ4v) is 3.06. The number of piperidine rings is 1. The van der Waals surface area contributed by atoms with E-state index in [1.165, 1.54) is 12.4 Å². The van der Waals surface area contributed by atoms with Gasteiger partial charge in [-0.3, -0.25) is 19.8 Å². The molecular weight excluding hydrogens is 475 g/mol. The number of nitro groups is 1. The fourth-order valence-electron chi connectivity index (χ4n) is 3.06. The molecule has 2 heterocycles. The second-order valence-electron chi connectivity index (χ2n) is 6.31. The summed E-state index contributed by atoms with van der Waals surface area (Å²) in [6.45, 7) is 2.85.